The van der Waals surface area contributed by atoms with Crippen LogP contribution in [0.15, 0.2) is 46.4 Å². The number of benzene rings is 1. The Morgan fingerprint density at radius 1 is 0.983 bits per heavy atom. The molecule has 59 heavy (non-hydrogen) atoms. The quantitative estimate of drug-likeness (QED) is 0.205. The molecule has 2 N–H and O–H groups in total. The van der Waals surface area contributed by atoms with Crippen LogP contribution in [0.4, 0.5) is 35.6 Å². The number of anilines is 2. The Balaban J connectivity index is 1.21. The van der Waals surface area contributed by atoms with Crippen molar-refractivity contribution in [2.45, 2.75) is 64.5 Å². The van der Waals surface area contributed by atoms with Crippen LogP contribution >= 0.6 is 10.2 Å². The highest BCUT2D eigenvalue weighted by Gasteiger charge is 2.65. The Labute approximate surface area is 334 Å². The molecule has 0 spiro atoms. The number of aryl methyl sites for hydroxylation is 1. The predicted molar refractivity (Wildman–Crippen MR) is 207 cm³/mol. The summed E-state index contributed by atoms with van der Waals surface area (Å²) in [6.45, 7) is 9.63. The van der Waals surface area contributed by atoms with Gasteiger partial charge in [-0.2, -0.15) is 9.50 Å². The molecule has 5 heterocycles. The molecule has 2 fully saturated rings. The third kappa shape index (κ3) is 8.39. The molecule has 1 aliphatic carbocycles. The molecule has 318 valence electrons. The molecular formula is C37H43F5N10O6S. The number of rotatable bonds is 8. The zero-order chi connectivity index (χ0) is 42.9. The number of nitrogens with one attached hydrogen (secondary N) is 1. The van der Waals surface area contributed by atoms with Crippen LogP contribution in [-0.2, 0) is 22.5 Å². The number of allylic oxidation sites excluding steroid dienone is 1. The van der Waals surface area contributed by atoms with Gasteiger partial charge in [-0.05, 0) is 76.3 Å². The predicted octanol–water partition coefficient (Wildman–Crippen LogP) is 5.79. The number of carbonyl (C=O) groups is 3. The second-order valence-corrected chi connectivity index (χ2v) is 18.3. The summed E-state index contributed by atoms with van der Waals surface area (Å²) in [6, 6.07) is 1.85. The van der Waals surface area contributed by atoms with Gasteiger partial charge in [0, 0.05) is 50.9 Å². The number of piperazine rings is 1. The van der Waals surface area contributed by atoms with Crippen molar-refractivity contribution in [3.05, 3.63) is 69.9 Å². The monoisotopic (exact) mass is 850 g/mol. The fraction of sp³-hybridized carbons (Fsp3) is 0.459. The smallest absolute Gasteiger partial charge is 0.410 e. The van der Waals surface area contributed by atoms with Gasteiger partial charge in [-0.25, -0.2) is 14.8 Å². The lowest BCUT2D eigenvalue weighted by Crippen LogP contribution is -2.51. The van der Waals surface area contributed by atoms with E-state index in [4.69, 9.17) is 9.72 Å². The Bertz CT molecular complexity index is 2460. The highest BCUT2D eigenvalue weighted by molar-refractivity contribution is 8.45. The second kappa shape index (κ2) is 13.9. The number of amides is 3. The van der Waals surface area contributed by atoms with E-state index in [-0.39, 0.29) is 96.7 Å². The molecule has 1 aromatic carbocycles. The number of aromatic hydroxyl groups is 1. The van der Waals surface area contributed by atoms with Crippen LogP contribution in [0.5, 0.6) is 5.75 Å². The van der Waals surface area contributed by atoms with Crippen molar-refractivity contribution in [1.82, 2.24) is 38.9 Å². The number of hydrogen-bond donors (Lipinski definition) is 2. The van der Waals surface area contributed by atoms with Crippen LogP contribution in [0.3, 0.4) is 0 Å². The minimum absolute atomic E-state index is 0.00812. The summed E-state index contributed by atoms with van der Waals surface area (Å²) in [5.41, 5.74) is 0.00371. The third-order valence-electron chi connectivity index (χ3n) is 10.5. The van der Waals surface area contributed by atoms with E-state index < -0.39 is 50.7 Å². The van der Waals surface area contributed by atoms with E-state index in [2.05, 4.69) is 20.4 Å². The molecule has 0 saturated carbocycles. The lowest BCUT2D eigenvalue weighted by molar-refractivity contribution is -0.116. The Morgan fingerprint density at radius 3 is 2.27 bits per heavy atom. The molecule has 2 saturated heterocycles. The maximum Gasteiger partial charge on any atom is 0.410 e. The van der Waals surface area contributed by atoms with Gasteiger partial charge in [0.15, 0.2) is 17.3 Å². The molecule has 0 bridgehead atoms. The maximum absolute atomic E-state index is 14.4. The van der Waals surface area contributed by atoms with Crippen LogP contribution < -0.4 is 15.8 Å². The van der Waals surface area contributed by atoms with E-state index in [9.17, 15) is 43.7 Å². The summed E-state index contributed by atoms with van der Waals surface area (Å²) in [5.74, 6) is -1.34. The van der Waals surface area contributed by atoms with Crippen molar-refractivity contribution in [2.75, 3.05) is 49.5 Å². The van der Waals surface area contributed by atoms with Gasteiger partial charge in [0.25, 0.3) is 11.5 Å². The van der Waals surface area contributed by atoms with Gasteiger partial charge in [0.05, 0.1) is 11.4 Å². The van der Waals surface area contributed by atoms with Crippen molar-refractivity contribution in [3.63, 3.8) is 0 Å². The van der Waals surface area contributed by atoms with Crippen LogP contribution in [0.1, 0.15) is 61.8 Å². The fourth-order valence-electron chi connectivity index (χ4n) is 7.66. The highest BCUT2D eigenvalue weighted by atomic mass is 32.5. The number of ether oxygens (including phenoxy) is 1. The summed E-state index contributed by atoms with van der Waals surface area (Å²) in [4.78, 5) is 69.4. The van der Waals surface area contributed by atoms with Gasteiger partial charge >= 0.3 is 16.3 Å². The lowest BCUT2D eigenvalue weighted by Gasteiger charge is -2.40. The van der Waals surface area contributed by atoms with E-state index in [1.165, 1.54) is 22.7 Å². The summed E-state index contributed by atoms with van der Waals surface area (Å²) in [6.07, 6.45) is 3.43. The van der Waals surface area contributed by atoms with Gasteiger partial charge in [0.1, 0.15) is 29.1 Å². The Morgan fingerprint density at radius 2 is 1.66 bits per heavy atom. The average molecular weight is 851 g/mol. The van der Waals surface area contributed by atoms with E-state index >= 15 is 0 Å². The molecule has 16 nitrogen and oxygen atoms in total. The summed E-state index contributed by atoms with van der Waals surface area (Å²) in [7, 11) is -9.95. The van der Waals surface area contributed by atoms with Crippen LogP contribution in [0.2, 0.25) is 0 Å². The molecular weight excluding hydrogens is 808 g/mol. The first-order valence-corrected chi connectivity index (χ1v) is 20.8. The Hall–Kier alpha value is -5.80. The Kier molecular flexibility index (Phi) is 9.75. The number of fused-ring (bicyclic) bond motifs is 2. The lowest BCUT2D eigenvalue weighted by atomic mass is 10.00. The number of aromatic nitrogens is 6. The summed E-state index contributed by atoms with van der Waals surface area (Å²) < 4.78 is 74.8. The summed E-state index contributed by atoms with van der Waals surface area (Å²) >= 11 is 0. The number of carbonyl (C=O) groups excluding carboxylic acids is 3. The van der Waals surface area contributed by atoms with Gasteiger partial charge in [-0.15, -0.1) is 5.10 Å². The number of nitrogens with zero attached hydrogens (tertiary/aromatic N) is 9. The van der Waals surface area contributed by atoms with E-state index in [0.29, 0.717) is 25.2 Å². The van der Waals surface area contributed by atoms with Gasteiger partial charge in [-0.3, -0.25) is 14.4 Å². The van der Waals surface area contributed by atoms with E-state index in [0.717, 1.165) is 22.2 Å². The normalized spacial score (nSPS) is 19.6. The molecule has 3 aromatic heterocycles. The molecule has 4 aromatic rings. The van der Waals surface area contributed by atoms with Crippen molar-refractivity contribution in [3.8, 4) is 5.75 Å². The van der Waals surface area contributed by atoms with Crippen molar-refractivity contribution < 1.29 is 43.7 Å². The molecule has 2 atom stereocenters. The molecule has 3 amide bonds. The zero-order valence-electron chi connectivity index (χ0n) is 32.8. The highest BCUT2D eigenvalue weighted by Crippen LogP contribution is 3.02. The summed E-state index contributed by atoms with van der Waals surface area (Å²) in [5, 5.41) is 17.5. The van der Waals surface area contributed by atoms with Crippen LogP contribution in [-0.4, -0.2) is 107 Å². The van der Waals surface area contributed by atoms with Crippen LogP contribution in [0.25, 0.3) is 11.4 Å². The number of hydrogen-bond acceptors (Lipinski definition) is 11. The second-order valence-electron chi connectivity index (χ2n) is 15.9. The van der Waals surface area contributed by atoms with Crippen LogP contribution in [0, 0.1) is 18.8 Å². The van der Waals surface area contributed by atoms with Crippen molar-refractivity contribution in [2.24, 2.45) is 11.8 Å². The molecule has 7 rings (SSSR count). The first-order chi connectivity index (χ1) is 27.4. The minimum atomic E-state index is -9.95. The SMILES string of the molecule is CCc1c(N2CCN(C(=O)c3ncnc(C)c3O)CC2)c(=O)n2nc(C3=CC4CN(C(=O)OC(C)(C)C)CC4C3)nc2n1CC(=O)Nc1ccc(S(F)(F)(F)(F)F)cc1. The van der Waals surface area contributed by atoms with Crippen molar-refractivity contribution in [1.29, 1.82) is 0 Å². The molecule has 2 unspecified atom stereocenters. The largest absolute Gasteiger partial charge is 0.504 e. The third-order valence-corrected chi connectivity index (χ3v) is 11.6. The number of halogens is 5. The molecule has 3 aliphatic rings. The fourth-order valence-corrected chi connectivity index (χ4v) is 8.31. The van der Waals surface area contributed by atoms with E-state index in [1.807, 2.05) is 6.08 Å². The standard InChI is InChI=1S/C37H43F5N10O6S/c1-6-27-30(48-11-13-49(14-12-48)33(55)29-31(54)21(2)43-20-44-29)34(56)52-35(51(27)19-28(53)45-25-7-9-26(10-8-25)59(38,39,40,41)42)46-32(47-52)22-15-23-17-50(18-24(23)16-22)36(57)58-37(3,4)5/h7-10,15,20,23-24,54H,6,11-14,16-19H2,1-5H3,(H,45,53). The van der Waals surface area contributed by atoms with Gasteiger partial charge < -0.3 is 34.4 Å². The first kappa shape index (κ1) is 41.4. The minimum Gasteiger partial charge on any atom is -0.504 e. The molecule has 2 aliphatic heterocycles. The maximum atomic E-state index is 14.4. The number of likely N-dealkylation sites (tertiary alicyclic amines) is 1. The zero-order valence-corrected chi connectivity index (χ0v) is 33.6. The topological polar surface area (TPSA) is 180 Å². The van der Waals surface area contributed by atoms with Gasteiger partial charge in [0.2, 0.25) is 11.7 Å². The van der Waals surface area contributed by atoms with Gasteiger partial charge in [-0.1, -0.05) is 32.4 Å². The molecule has 0 radical (unpaired) electrons. The van der Waals surface area contributed by atoms with Crippen molar-refractivity contribution >= 4 is 50.9 Å². The average Bonchev–Trinajstić information content (AvgIpc) is 3.87. The molecule has 22 heteroatoms. The first-order valence-electron chi connectivity index (χ1n) is 18.8. The van der Waals surface area contributed by atoms with E-state index in [1.54, 1.807) is 37.5 Å².